The van der Waals surface area contributed by atoms with Crippen LogP contribution in [0.15, 0.2) is 35.1 Å². The molecule has 0 saturated heterocycles. The number of nitrogens with zero attached hydrogens (tertiary/aromatic N) is 1. The van der Waals surface area contributed by atoms with Crippen molar-refractivity contribution in [3.05, 3.63) is 46.5 Å². The second-order valence-corrected chi connectivity index (χ2v) is 4.94. The molecule has 0 spiro atoms. The van der Waals surface area contributed by atoms with E-state index in [2.05, 4.69) is 20.9 Å². The number of aromatic nitrogens is 1. The molecular formula is C13H14Cl2N4O2. The molecule has 21 heavy (non-hydrogen) atoms. The first kappa shape index (κ1) is 15.5. The standard InChI is InChI=1S/C13H14Cl2N4O2/c14-9-6-11(15)12(18-7-9)16-3-4-17-13(20)19-8-10-2-1-5-21-10/h1-2,5-7H,3-4,8H2,(H,16,18)(H2,17,19,20). The number of hydrogen-bond donors (Lipinski definition) is 3. The molecule has 2 amide bonds. The molecule has 8 heteroatoms. The molecule has 112 valence electrons. The van der Waals surface area contributed by atoms with Crippen molar-refractivity contribution in [2.75, 3.05) is 18.4 Å². The number of amides is 2. The maximum Gasteiger partial charge on any atom is 0.315 e. The third-order valence-electron chi connectivity index (χ3n) is 2.51. The van der Waals surface area contributed by atoms with E-state index in [-0.39, 0.29) is 6.03 Å². The Morgan fingerprint density at radius 2 is 2.14 bits per heavy atom. The van der Waals surface area contributed by atoms with Gasteiger partial charge in [-0.25, -0.2) is 9.78 Å². The molecule has 0 fully saturated rings. The summed E-state index contributed by atoms with van der Waals surface area (Å²) >= 11 is 11.7. The van der Waals surface area contributed by atoms with Crippen molar-refractivity contribution < 1.29 is 9.21 Å². The predicted molar refractivity (Wildman–Crippen MR) is 81.7 cm³/mol. The van der Waals surface area contributed by atoms with Crippen molar-refractivity contribution >= 4 is 35.1 Å². The predicted octanol–water partition coefficient (Wildman–Crippen LogP) is 2.89. The fourth-order valence-corrected chi connectivity index (χ4v) is 1.99. The Kier molecular flexibility index (Phi) is 5.71. The van der Waals surface area contributed by atoms with E-state index in [1.54, 1.807) is 24.5 Å². The number of pyridine rings is 1. The van der Waals surface area contributed by atoms with Crippen molar-refractivity contribution in [2.45, 2.75) is 6.54 Å². The third-order valence-corrected chi connectivity index (χ3v) is 3.01. The molecule has 0 radical (unpaired) electrons. The van der Waals surface area contributed by atoms with Crippen molar-refractivity contribution in [3.63, 3.8) is 0 Å². The Hall–Kier alpha value is -1.92. The zero-order chi connectivity index (χ0) is 15.1. The molecular weight excluding hydrogens is 315 g/mol. The lowest BCUT2D eigenvalue weighted by molar-refractivity contribution is 0.240. The molecule has 6 nitrogen and oxygen atoms in total. The van der Waals surface area contributed by atoms with Gasteiger partial charge in [-0.05, 0) is 18.2 Å². The molecule has 0 aliphatic rings. The third kappa shape index (κ3) is 5.17. The molecule has 2 rings (SSSR count). The minimum absolute atomic E-state index is 0.275. The largest absolute Gasteiger partial charge is 0.467 e. The number of nitrogens with one attached hydrogen (secondary N) is 3. The van der Waals surface area contributed by atoms with Gasteiger partial charge in [0.15, 0.2) is 0 Å². The van der Waals surface area contributed by atoms with E-state index in [0.717, 1.165) is 0 Å². The van der Waals surface area contributed by atoms with Crippen LogP contribution in [0.3, 0.4) is 0 Å². The number of carbonyl (C=O) groups excluding carboxylic acids is 1. The molecule has 0 aromatic carbocycles. The first-order valence-electron chi connectivity index (χ1n) is 6.24. The maximum absolute atomic E-state index is 11.5. The molecule has 3 N–H and O–H groups in total. The first-order chi connectivity index (χ1) is 10.1. The summed E-state index contributed by atoms with van der Waals surface area (Å²) in [5.41, 5.74) is 0. The molecule has 2 aromatic heterocycles. The highest BCUT2D eigenvalue weighted by Crippen LogP contribution is 2.21. The van der Waals surface area contributed by atoms with Crippen molar-refractivity contribution in [2.24, 2.45) is 0 Å². The van der Waals surface area contributed by atoms with E-state index in [0.29, 0.717) is 41.3 Å². The van der Waals surface area contributed by atoms with E-state index in [9.17, 15) is 4.79 Å². The number of halogens is 2. The summed E-state index contributed by atoms with van der Waals surface area (Å²) < 4.78 is 5.10. The quantitative estimate of drug-likeness (QED) is 0.712. The topological polar surface area (TPSA) is 79.2 Å². The highest BCUT2D eigenvalue weighted by Gasteiger charge is 2.03. The fourth-order valence-electron chi connectivity index (χ4n) is 1.54. The highest BCUT2D eigenvalue weighted by atomic mass is 35.5. The summed E-state index contributed by atoms with van der Waals surface area (Å²) in [6, 6.07) is 4.88. The lowest BCUT2D eigenvalue weighted by atomic mass is 10.4. The molecule has 2 heterocycles. The SMILES string of the molecule is O=C(NCCNc1ncc(Cl)cc1Cl)NCc1ccco1. The van der Waals surface area contributed by atoms with Crippen LogP contribution in [0, 0.1) is 0 Å². The minimum atomic E-state index is -0.275. The summed E-state index contributed by atoms with van der Waals surface area (Å²) in [5, 5.41) is 9.28. The molecule has 0 unspecified atom stereocenters. The lowest BCUT2D eigenvalue weighted by Gasteiger charge is -2.09. The second-order valence-electron chi connectivity index (χ2n) is 4.10. The molecule has 2 aromatic rings. The number of rotatable bonds is 6. The first-order valence-corrected chi connectivity index (χ1v) is 7.00. The Morgan fingerprint density at radius 1 is 1.29 bits per heavy atom. The molecule has 0 bridgehead atoms. The zero-order valence-electron chi connectivity index (χ0n) is 11.0. The average Bonchev–Trinajstić information content (AvgIpc) is 2.96. The normalized spacial score (nSPS) is 10.2. The van der Waals surface area contributed by atoms with Gasteiger partial charge in [-0.1, -0.05) is 23.2 Å². The van der Waals surface area contributed by atoms with Gasteiger partial charge in [0.1, 0.15) is 11.6 Å². The van der Waals surface area contributed by atoms with Gasteiger partial charge in [0.25, 0.3) is 0 Å². The monoisotopic (exact) mass is 328 g/mol. The van der Waals surface area contributed by atoms with Crippen LogP contribution in [0.5, 0.6) is 0 Å². The van der Waals surface area contributed by atoms with Crippen molar-refractivity contribution in [1.29, 1.82) is 0 Å². The van der Waals surface area contributed by atoms with Gasteiger partial charge in [0.05, 0.1) is 22.9 Å². The number of hydrogen-bond acceptors (Lipinski definition) is 4. The van der Waals surface area contributed by atoms with Gasteiger partial charge in [-0.3, -0.25) is 0 Å². The van der Waals surface area contributed by atoms with Gasteiger partial charge >= 0.3 is 6.03 Å². The summed E-state index contributed by atoms with van der Waals surface area (Å²) in [5.74, 6) is 1.22. The zero-order valence-corrected chi connectivity index (χ0v) is 12.5. The van der Waals surface area contributed by atoms with E-state index in [1.807, 2.05) is 0 Å². The number of carbonyl (C=O) groups is 1. The van der Waals surface area contributed by atoms with Crippen LogP contribution in [0.25, 0.3) is 0 Å². The summed E-state index contributed by atoms with van der Waals surface area (Å²) in [7, 11) is 0. The van der Waals surface area contributed by atoms with Gasteiger partial charge in [0, 0.05) is 19.3 Å². The van der Waals surface area contributed by atoms with Crippen LogP contribution >= 0.6 is 23.2 Å². The van der Waals surface area contributed by atoms with Crippen LogP contribution in [0.4, 0.5) is 10.6 Å². The van der Waals surface area contributed by atoms with E-state index >= 15 is 0 Å². The van der Waals surface area contributed by atoms with Crippen LogP contribution in [-0.2, 0) is 6.54 Å². The van der Waals surface area contributed by atoms with Crippen LogP contribution in [-0.4, -0.2) is 24.1 Å². The lowest BCUT2D eigenvalue weighted by Crippen LogP contribution is -2.37. The molecule has 0 atom stereocenters. The Morgan fingerprint density at radius 3 is 2.86 bits per heavy atom. The molecule has 0 aliphatic heterocycles. The fraction of sp³-hybridized carbons (Fsp3) is 0.231. The second kappa shape index (κ2) is 7.75. The molecule has 0 aliphatic carbocycles. The van der Waals surface area contributed by atoms with E-state index < -0.39 is 0 Å². The number of urea groups is 1. The Labute approximate surface area is 131 Å². The van der Waals surface area contributed by atoms with Gasteiger partial charge in [0.2, 0.25) is 0 Å². The minimum Gasteiger partial charge on any atom is -0.467 e. The Balaban J connectivity index is 1.64. The number of furan rings is 1. The van der Waals surface area contributed by atoms with Gasteiger partial charge in [-0.15, -0.1) is 0 Å². The molecule has 0 saturated carbocycles. The number of anilines is 1. The van der Waals surface area contributed by atoms with Crippen LogP contribution < -0.4 is 16.0 Å². The highest BCUT2D eigenvalue weighted by molar-refractivity contribution is 6.35. The summed E-state index contributed by atoms with van der Waals surface area (Å²) in [4.78, 5) is 15.6. The van der Waals surface area contributed by atoms with Crippen LogP contribution in [0.2, 0.25) is 10.0 Å². The van der Waals surface area contributed by atoms with Gasteiger partial charge in [-0.2, -0.15) is 0 Å². The maximum atomic E-state index is 11.5. The average molecular weight is 329 g/mol. The van der Waals surface area contributed by atoms with Crippen LogP contribution in [0.1, 0.15) is 5.76 Å². The summed E-state index contributed by atoms with van der Waals surface area (Å²) in [6.07, 6.45) is 3.06. The summed E-state index contributed by atoms with van der Waals surface area (Å²) in [6.45, 7) is 1.25. The van der Waals surface area contributed by atoms with Crippen molar-refractivity contribution in [3.8, 4) is 0 Å². The Bertz CT molecular complexity index is 590. The van der Waals surface area contributed by atoms with Gasteiger partial charge < -0.3 is 20.4 Å². The van der Waals surface area contributed by atoms with E-state index in [4.69, 9.17) is 27.6 Å². The smallest absolute Gasteiger partial charge is 0.315 e. The van der Waals surface area contributed by atoms with E-state index in [1.165, 1.54) is 6.20 Å². The van der Waals surface area contributed by atoms with Crippen molar-refractivity contribution in [1.82, 2.24) is 15.6 Å².